The molecule has 0 fully saturated rings. The van der Waals surface area contributed by atoms with Crippen LogP contribution in [0.2, 0.25) is 5.02 Å². The van der Waals surface area contributed by atoms with Crippen LogP contribution in [0, 0.1) is 20.8 Å². The van der Waals surface area contributed by atoms with E-state index in [1.165, 1.54) is 0 Å². The van der Waals surface area contributed by atoms with Gasteiger partial charge in [-0.1, -0.05) is 39.7 Å². The van der Waals surface area contributed by atoms with Gasteiger partial charge in [0.05, 0.1) is 0 Å². The van der Waals surface area contributed by atoms with Crippen molar-refractivity contribution >= 4 is 27.5 Å². The molecular formula is C16H16BrClO. The predicted octanol–water partition coefficient (Wildman–Crippen LogP) is 5.11. The maximum Gasteiger partial charge on any atom is 0.106 e. The summed E-state index contributed by atoms with van der Waals surface area (Å²) in [6.07, 6.45) is -0.695. The van der Waals surface area contributed by atoms with Crippen molar-refractivity contribution in [3.05, 3.63) is 67.6 Å². The average Bonchev–Trinajstić information content (AvgIpc) is 2.33. The van der Waals surface area contributed by atoms with Gasteiger partial charge in [0, 0.05) is 15.1 Å². The normalized spacial score (nSPS) is 12.5. The topological polar surface area (TPSA) is 20.2 Å². The molecule has 2 rings (SSSR count). The van der Waals surface area contributed by atoms with Gasteiger partial charge in [0.15, 0.2) is 0 Å². The summed E-state index contributed by atoms with van der Waals surface area (Å²) in [6, 6.07) is 9.72. The minimum absolute atomic E-state index is 0.609. The van der Waals surface area contributed by atoms with Crippen LogP contribution in [0.3, 0.4) is 0 Å². The molecule has 2 aromatic carbocycles. The number of aliphatic hydroxyl groups excluding tert-OH is 1. The summed E-state index contributed by atoms with van der Waals surface area (Å²) in [5, 5.41) is 11.2. The minimum atomic E-state index is -0.695. The Morgan fingerprint density at radius 2 is 1.58 bits per heavy atom. The van der Waals surface area contributed by atoms with E-state index < -0.39 is 6.10 Å². The second-order valence-corrected chi connectivity index (χ2v) is 6.18. The van der Waals surface area contributed by atoms with Gasteiger partial charge < -0.3 is 5.11 Å². The van der Waals surface area contributed by atoms with E-state index in [4.69, 9.17) is 11.6 Å². The highest BCUT2D eigenvalue weighted by molar-refractivity contribution is 9.10. The van der Waals surface area contributed by atoms with Crippen molar-refractivity contribution in [2.45, 2.75) is 26.9 Å². The molecule has 0 radical (unpaired) electrons. The highest BCUT2D eigenvalue weighted by Gasteiger charge is 2.17. The first kappa shape index (κ1) is 14.6. The van der Waals surface area contributed by atoms with Gasteiger partial charge in [0.25, 0.3) is 0 Å². The SMILES string of the molecule is Cc1cc(Cl)c(C(O)c2ccc(Br)cc2C)cc1C. The lowest BCUT2D eigenvalue weighted by molar-refractivity contribution is 0.219. The Bertz CT molecular complexity index is 622. The number of rotatable bonds is 2. The highest BCUT2D eigenvalue weighted by Crippen LogP contribution is 2.32. The zero-order valence-corrected chi connectivity index (χ0v) is 13.5. The Labute approximate surface area is 127 Å². The second-order valence-electron chi connectivity index (χ2n) is 4.86. The van der Waals surface area contributed by atoms with Gasteiger partial charge in [0.2, 0.25) is 0 Å². The number of aryl methyl sites for hydroxylation is 3. The van der Waals surface area contributed by atoms with Gasteiger partial charge in [-0.15, -0.1) is 0 Å². The van der Waals surface area contributed by atoms with Crippen molar-refractivity contribution in [2.24, 2.45) is 0 Å². The first-order chi connectivity index (χ1) is 8.90. The van der Waals surface area contributed by atoms with Crippen LogP contribution in [0.4, 0.5) is 0 Å². The van der Waals surface area contributed by atoms with E-state index in [2.05, 4.69) is 15.9 Å². The molecule has 1 nitrogen and oxygen atoms in total. The molecule has 0 bridgehead atoms. The number of hydrogen-bond donors (Lipinski definition) is 1. The molecule has 1 N–H and O–H groups in total. The van der Waals surface area contributed by atoms with E-state index >= 15 is 0 Å². The highest BCUT2D eigenvalue weighted by atomic mass is 79.9. The van der Waals surface area contributed by atoms with Crippen LogP contribution in [0.25, 0.3) is 0 Å². The smallest absolute Gasteiger partial charge is 0.106 e. The Morgan fingerprint density at radius 1 is 0.947 bits per heavy atom. The molecule has 3 heteroatoms. The molecule has 0 saturated heterocycles. The summed E-state index contributed by atoms with van der Waals surface area (Å²) >= 11 is 9.69. The Hall–Kier alpha value is -0.830. The van der Waals surface area contributed by atoms with Crippen LogP contribution in [0.15, 0.2) is 34.8 Å². The van der Waals surface area contributed by atoms with Crippen LogP contribution in [0.5, 0.6) is 0 Å². The van der Waals surface area contributed by atoms with Crippen LogP contribution in [-0.4, -0.2) is 5.11 Å². The Morgan fingerprint density at radius 3 is 2.21 bits per heavy atom. The molecule has 100 valence electrons. The third-order valence-corrected chi connectivity index (χ3v) is 4.25. The van der Waals surface area contributed by atoms with Crippen molar-refractivity contribution in [1.29, 1.82) is 0 Å². The maximum absolute atomic E-state index is 10.6. The zero-order chi connectivity index (χ0) is 14.2. The fourth-order valence-electron chi connectivity index (χ4n) is 2.13. The van der Waals surface area contributed by atoms with Crippen molar-refractivity contribution in [3.8, 4) is 0 Å². The van der Waals surface area contributed by atoms with Gasteiger partial charge >= 0.3 is 0 Å². The molecule has 0 aliphatic carbocycles. The molecule has 1 unspecified atom stereocenters. The third kappa shape index (κ3) is 3.02. The lowest BCUT2D eigenvalue weighted by atomic mass is 9.95. The fourth-order valence-corrected chi connectivity index (χ4v) is 2.92. The lowest BCUT2D eigenvalue weighted by Gasteiger charge is -2.17. The molecule has 0 aliphatic rings. The molecule has 0 aliphatic heterocycles. The largest absolute Gasteiger partial charge is 0.384 e. The average molecular weight is 340 g/mol. The van der Waals surface area contributed by atoms with Crippen LogP contribution < -0.4 is 0 Å². The van der Waals surface area contributed by atoms with Crippen molar-refractivity contribution in [1.82, 2.24) is 0 Å². The number of halogens is 2. The standard InChI is InChI=1S/C16H16BrClO/c1-9-7-14(15(18)8-10(9)2)16(19)13-5-4-12(17)6-11(13)3/h4-8,16,19H,1-3H3. The van der Waals surface area contributed by atoms with Gasteiger partial charge in [-0.2, -0.15) is 0 Å². The number of hydrogen-bond acceptors (Lipinski definition) is 1. The summed E-state index contributed by atoms with van der Waals surface area (Å²) < 4.78 is 1.01. The minimum Gasteiger partial charge on any atom is -0.384 e. The summed E-state index contributed by atoms with van der Waals surface area (Å²) in [5.41, 5.74) is 4.95. The zero-order valence-electron chi connectivity index (χ0n) is 11.2. The Kier molecular flexibility index (Phi) is 4.34. The van der Waals surface area contributed by atoms with E-state index in [0.29, 0.717) is 5.02 Å². The van der Waals surface area contributed by atoms with Gasteiger partial charge in [-0.25, -0.2) is 0 Å². The maximum atomic E-state index is 10.6. The summed E-state index contributed by atoms with van der Waals surface area (Å²) in [6.45, 7) is 6.02. The number of benzene rings is 2. The van der Waals surface area contributed by atoms with Crippen LogP contribution in [0.1, 0.15) is 33.9 Å². The first-order valence-electron chi connectivity index (χ1n) is 6.11. The molecule has 0 amide bonds. The van der Waals surface area contributed by atoms with Crippen molar-refractivity contribution < 1.29 is 5.11 Å². The third-order valence-electron chi connectivity index (χ3n) is 3.43. The van der Waals surface area contributed by atoms with E-state index in [9.17, 15) is 5.11 Å². The second kappa shape index (κ2) is 5.66. The monoisotopic (exact) mass is 338 g/mol. The van der Waals surface area contributed by atoms with E-state index in [-0.39, 0.29) is 0 Å². The van der Waals surface area contributed by atoms with Gasteiger partial charge in [-0.05, 0) is 61.2 Å². The molecule has 0 aromatic heterocycles. The van der Waals surface area contributed by atoms with Crippen LogP contribution >= 0.6 is 27.5 Å². The number of aliphatic hydroxyl groups is 1. The quantitative estimate of drug-likeness (QED) is 0.806. The van der Waals surface area contributed by atoms with Gasteiger partial charge in [0.1, 0.15) is 6.10 Å². The molecule has 0 heterocycles. The molecule has 0 spiro atoms. The van der Waals surface area contributed by atoms with Crippen molar-refractivity contribution in [2.75, 3.05) is 0 Å². The van der Waals surface area contributed by atoms with Gasteiger partial charge in [-0.3, -0.25) is 0 Å². The van der Waals surface area contributed by atoms with Crippen molar-refractivity contribution in [3.63, 3.8) is 0 Å². The van der Waals surface area contributed by atoms with E-state index in [1.807, 2.05) is 51.1 Å². The molecule has 2 aromatic rings. The lowest BCUT2D eigenvalue weighted by Crippen LogP contribution is -2.04. The predicted molar refractivity (Wildman–Crippen MR) is 83.9 cm³/mol. The fraction of sp³-hybridized carbons (Fsp3) is 0.250. The summed E-state index contributed by atoms with van der Waals surface area (Å²) in [5.74, 6) is 0. The first-order valence-corrected chi connectivity index (χ1v) is 7.28. The summed E-state index contributed by atoms with van der Waals surface area (Å²) in [4.78, 5) is 0. The van der Waals surface area contributed by atoms with E-state index in [0.717, 1.165) is 32.3 Å². The van der Waals surface area contributed by atoms with Crippen LogP contribution in [-0.2, 0) is 0 Å². The molecule has 0 saturated carbocycles. The molecule has 19 heavy (non-hydrogen) atoms. The molecular weight excluding hydrogens is 324 g/mol. The van der Waals surface area contributed by atoms with E-state index in [1.54, 1.807) is 0 Å². The molecule has 1 atom stereocenters. The summed E-state index contributed by atoms with van der Waals surface area (Å²) in [7, 11) is 0. The Balaban J connectivity index is 2.49.